The largest absolute Gasteiger partial charge is 0.457 e. The number of hydrogen-bond acceptors (Lipinski definition) is 4. The fourth-order valence-corrected chi connectivity index (χ4v) is 3.66. The Kier molecular flexibility index (Phi) is 5.66. The van der Waals surface area contributed by atoms with E-state index in [1.807, 2.05) is 48.5 Å². The molecule has 4 rings (SSSR count). The molecule has 31 heavy (non-hydrogen) atoms. The van der Waals surface area contributed by atoms with Gasteiger partial charge in [0.1, 0.15) is 11.5 Å². The molecule has 1 heterocycles. The molecule has 0 aliphatic heterocycles. The summed E-state index contributed by atoms with van der Waals surface area (Å²) in [5.41, 5.74) is 1.98. The minimum atomic E-state index is -0.719. The third-order valence-corrected chi connectivity index (χ3v) is 5.05. The van der Waals surface area contributed by atoms with Crippen LogP contribution in [0.4, 0.5) is 0 Å². The highest BCUT2D eigenvalue weighted by Gasteiger charge is 2.28. The maximum Gasteiger partial charge on any atom is 0.275 e. The van der Waals surface area contributed by atoms with Crippen LogP contribution >= 0.6 is 0 Å². The monoisotopic (exact) mass is 415 g/mol. The second kappa shape index (κ2) is 8.71. The van der Waals surface area contributed by atoms with Gasteiger partial charge in [0.05, 0.1) is 17.2 Å². The fraction of sp³-hybridized carbons (Fsp3) is 0.125. The summed E-state index contributed by atoms with van der Waals surface area (Å²) in [6, 6.07) is 25.5. The summed E-state index contributed by atoms with van der Waals surface area (Å²) < 4.78 is 7.30. The van der Waals surface area contributed by atoms with Crippen molar-refractivity contribution >= 4 is 0 Å². The Balaban J connectivity index is 1.76. The van der Waals surface area contributed by atoms with Crippen LogP contribution in [0.2, 0.25) is 0 Å². The van der Waals surface area contributed by atoms with Crippen LogP contribution in [0.25, 0.3) is 5.69 Å². The number of hydrogen-bond donors (Lipinski definition) is 1. The topological polar surface area (TPSA) is 90.2 Å². The zero-order valence-corrected chi connectivity index (χ0v) is 16.9. The Bertz CT molecular complexity index is 1250. The van der Waals surface area contributed by atoms with E-state index in [-0.39, 0.29) is 5.56 Å². The van der Waals surface area contributed by atoms with Gasteiger partial charge < -0.3 is 4.74 Å². The van der Waals surface area contributed by atoms with Crippen molar-refractivity contribution in [3.63, 3.8) is 0 Å². The molecule has 0 radical (unpaired) electrons. The minimum absolute atomic E-state index is 0.301. The highest BCUT2D eigenvalue weighted by molar-refractivity contribution is 5.41. The number of para-hydroxylation sites is 2. The molecule has 0 saturated heterocycles. The highest BCUT2D eigenvalue weighted by atomic mass is 16.6. The number of ether oxygens (including phenoxy) is 1. The molecule has 0 spiro atoms. The van der Waals surface area contributed by atoms with Crippen LogP contribution in [0.15, 0.2) is 89.7 Å². The lowest BCUT2D eigenvalue weighted by Gasteiger charge is -2.14. The van der Waals surface area contributed by atoms with Gasteiger partial charge in [-0.25, -0.2) is 4.68 Å². The summed E-state index contributed by atoms with van der Waals surface area (Å²) in [6.07, 6.45) is 0. The second-order valence-electron chi connectivity index (χ2n) is 7.18. The summed E-state index contributed by atoms with van der Waals surface area (Å²) in [5, 5.41) is 14.5. The molecule has 1 atom stereocenters. The molecule has 1 N–H and O–H groups in total. The molecule has 0 fully saturated rings. The van der Waals surface area contributed by atoms with Gasteiger partial charge in [0.15, 0.2) is 0 Å². The van der Waals surface area contributed by atoms with Gasteiger partial charge in [-0.05, 0) is 48.9 Å². The van der Waals surface area contributed by atoms with E-state index in [0.29, 0.717) is 34.0 Å². The first-order chi connectivity index (χ1) is 15.0. The van der Waals surface area contributed by atoms with Gasteiger partial charge in [-0.1, -0.05) is 48.5 Å². The maximum atomic E-state index is 13.2. The van der Waals surface area contributed by atoms with Crippen molar-refractivity contribution < 1.29 is 9.66 Å². The molecule has 0 aliphatic rings. The molecular weight excluding hydrogens is 394 g/mol. The molecule has 0 saturated carbocycles. The second-order valence-corrected chi connectivity index (χ2v) is 7.18. The lowest BCUT2D eigenvalue weighted by molar-refractivity contribution is -0.481. The van der Waals surface area contributed by atoms with Gasteiger partial charge in [0, 0.05) is 10.6 Å². The Labute approximate surface area is 178 Å². The zero-order chi connectivity index (χ0) is 21.8. The van der Waals surface area contributed by atoms with Gasteiger partial charge in [-0.2, -0.15) is 0 Å². The Hall–Kier alpha value is -4.13. The van der Waals surface area contributed by atoms with E-state index in [1.165, 1.54) is 4.68 Å². The van der Waals surface area contributed by atoms with Crippen LogP contribution < -0.4 is 10.3 Å². The van der Waals surface area contributed by atoms with Gasteiger partial charge in [0.25, 0.3) is 5.56 Å². The standard InChI is InChI=1S/C24H21N3O4/c1-17-23(24(28)27(25-17)19-10-4-2-5-11-19)22(16-26(29)30)18-9-8-14-21(15-18)31-20-12-6-3-7-13-20/h2-15,22,25H,16H2,1H3. The van der Waals surface area contributed by atoms with Crippen molar-refractivity contribution in [1.29, 1.82) is 0 Å². The fourth-order valence-electron chi connectivity index (χ4n) is 3.66. The predicted octanol–water partition coefficient (Wildman–Crippen LogP) is 4.67. The molecule has 7 nitrogen and oxygen atoms in total. The van der Waals surface area contributed by atoms with Crippen molar-refractivity contribution in [2.45, 2.75) is 12.8 Å². The molecule has 156 valence electrons. The number of H-pyrrole nitrogens is 1. The number of rotatable bonds is 7. The third-order valence-electron chi connectivity index (χ3n) is 5.05. The number of aromatic amines is 1. The molecule has 4 aromatic rings. The maximum absolute atomic E-state index is 13.2. The van der Waals surface area contributed by atoms with Gasteiger partial charge in [-0.3, -0.25) is 20.0 Å². The summed E-state index contributed by atoms with van der Waals surface area (Å²) >= 11 is 0. The summed E-state index contributed by atoms with van der Waals surface area (Å²) in [7, 11) is 0. The van der Waals surface area contributed by atoms with E-state index < -0.39 is 17.4 Å². The van der Waals surface area contributed by atoms with Crippen LogP contribution in [0, 0.1) is 17.0 Å². The molecule has 0 aliphatic carbocycles. The van der Waals surface area contributed by atoms with Crippen LogP contribution in [0.1, 0.15) is 22.7 Å². The quantitative estimate of drug-likeness (QED) is 0.351. The minimum Gasteiger partial charge on any atom is -0.457 e. The lowest BCUT2D eigenvalue weighted by atomic mass is 9.91. The number of benzene rings is 3. The van der Waals surface area contributed by atoms with Crippen molar-refractivity contribution in [3.8, 4) is 17.2 Å². The van der Waals surface area contributed by atoms with E-state index in [4.69, 9.17) is 4.74 Å². The predicted molar refractivity (Wildman–Crippen MR) is 118 cm³/mol. The van der Waals surface area contributed by atoms with Crippen molar-refractivity contribution in [2.24, 2.45) is 0 Å². The first kappa shape index (κ1) is 20.2. The average molecular weight is 415 g/mol. The van der Waals surface area contributed by atoms with Gasteiger partial charge >= 0.3 is 0 Å². The number of nitrogens with zero attached hydrogens (tertiary/aromatic N) is 2. The van der Waals surface area contributed by atoms with E-state index >= 15 is 0 Å². The SMILES string of the molecule is Cc1[nH]n(-c2ccccc2)c(=O)c1C(C[N+](=O)[O-])c1cccc(Oc2ccccc2)c1. The first-order valence-corrected chi connectivity index (χ1v) is 9.84. The van der Waals surface area contributed by atoms with Crippen molar-refractivity contribution in [1.82, 2.24) is 9.78 Å². The Morgan fingerprint density at radius 1 is 0.968 bits per heavy atom. The number of nitro groups is 1. The van der Waals surface area contributed by atoms with E-state index in [0.717, 1.165) is 0 Å². The van der Waals surface area contributed by atoms with Gasteiger partial charge in [-0.15, -0.1) is 0 Å². The van der Waals surface area contributed by atoms with Crippen LogP contribution in [-0.2, 0) is 0 Å². The third kappa shape index (κ3) is 4.40. The number of aryl methyl sites for hydroxylation is 1. The summed E-state index contributed by atoms with van der Waals surface area (Å²) in [6.45, 7) is 1.35. The Morgan fingerprint density at radius 2 is 1.61 bits per heavy atom. The van der Waals surface area contributed by atoms with Crippen molar-refractivity contribution in [2.75, 3.05) is 6.54 Å². The first-order valence-electron chi connectivity index (χ1n) is 9.84. The van der Waals surface area contributed by atoms with E-state index in [2.05, 4.69) is 5.10 Å². The molecule has 7 heteroatoms. The molecule has 0 amide bonds. The molecule has 1 unspecified atom stereocenters. The van der Waals surface area contributed by atoms with Crippen LogP contribution in [0.5, 0.6) is 11.5 Å². The molecule has 1 aromatic heterocycles. The van der Waals surface area contributed by atoms with Crippen LogP contribution in [-0.4, -0.2) is 21.2 Å². The summed E-state index contributed by atoms with van der Waals surface area (Å²) in [4.78, 5) is 24.3. The Morgan fingerprint density at radius 3 is 2.29 bits per heavy atom. The lowest BCUT2D eigenvalue weighted by Crippen LogP contribution is -2.23. The van der Waals surface area contributed by atoms with E-state index in [9.17, 15) is 14.9 Å². The smallest absolute Gasteiger partial charge is 0.275 e. The molecule has 0 bridgehead atoms. The molecular formula is C24H21N3O4. The number of nitrogens with one attached hydrogen (secondary N) is 1. The summed E-state index contributed by atoms with van der Waals surface area (Å²) in [5.74, 6) is 0.492. The average Bonchev–Trinajstić information content (AvgIpc) is 3.07. The zero-order valence-electron chi connectivity index (χ0n) is 16.9. The van der Waals surface area contributed by atoms with Crippen molar-refractivity contribution in [3.05, 3.63) is 122 Å². The van der Waals surface area contributed by atoms with Gasteiger partial charge in [0.2, 0.25) is 6.54 Å². The highest BCUT2D eigenvalue weighted by Crippen LogP contribution is 2.30. The number of aromatic nitrogens is 2. The molecule has 3 aromatic carbocycles. The van der Waals surface area contributed by atoms with E-state index in [1.54, 1.807) is 43.3 Å². The normalized spacial score (nSPS) is 11.8. The van der Waals surface area contributed by atoms with Crippen LogP contribution in [0.3, 0.4) is 0 Å².